The number of carbonyl (C=O) groups is 1. The molecule has 0 spiro atoms. The van der Waals surface area contributed by atoms with Crippen molar-refractivity contribution in [1.82, 2.24) is 5.32 Å². The molecule has 0 aromatic heterocycles. The summed E-state index contributed by atoms with van der Waals surface area (Å²) in [7, 11) is 0. The van der Waals surface area contributed by atoms with Crippen LogP contribution in [0.5, 0.6) is 0 Å². The lowest BCUT2D eigenvalue weighted by atomic mass is 10.0. The van der Waals surface area contributed by atoms with Crippen molar-refractivity contribution in [1.29, 1.82) is 0 Å². The molecular weight excluding hydrogens is 346 g/mol. The molecule has 1 N–H and O–H groups in total. The standard InChI is InChI=1S/C24H33N3O/c1-15(2)26-22(28)13-27(24-20(7)11-17(4)12-21(24)8)14-25-23-18(5)9-16(3)10-19(23)6/h9-12,14-15H,13H2,1-8H3,(H,26,28). The minimum atomic E-state index is -0.0156. The van der Waals surface area contributed by atoms with Gasteiger partial charge in [-0.2, -0.15) is 0 Å². The molecule has 0 aliphatic rings. The van der Waals surface area contributed by atoms with E-state index in [2.05, 4.69) is 71.1 Å². The van der Waals surface area contributed by atoms with E-state index in [0.29, 0.717) is 0 Å². The summed E-state index contributed by atoms with van der Waals surface area (Å²) >= 11 is 0. The van der Waals surface area contributed by atoms with Crippen LogP contribution in [0.25, 0.3) is 0 Å². The van der Waals surface area contributed by atoms with Crippen molar-refractivity contribution in [3.8, 4) is 0 Å². The fraction of sp³-hybridized carbons (Fsp3) is 0.417. The number of nitrogens with one attached hydrogen (secondary N) is 1. The summed E-state index contributed by atoms with van der Waals surface area (Å²) in [6, 6.07) is 8.67. The third-order valence-corrected chi connectivity index (χ3v) is 4.65. The first kappa shape index (κ1) is 21.7. The molecule has 4 heteroatoms. The largest absolute Gasteiger partial charge is 0.352 e. The summed E-state index contributed by atoms with van der Waals surface area (Å²) in [5.41, 5.74) is 8.99. The Morgan fingerprint density at radius 1 is 0.929 bits per heavy atom. The molecule has 4 nitrogen and oxygen atoms in total. The summed E-state index contributed by atoms with van der Waals surface area (Å²) in [5.74, 6) is -0.0156. The number of rotatable bonds is 6. The Morgan fingerprint density at radius 2 is 1.39 bits per heavy atom. The molecule has 0 unspecified atom stereocenters. The number of hydrogen-bond donors (Lipinski definition) is 1. The molecule has 2 aromatic carbocycles. The molecule has 2 rings (SSSR count). The van der Waals surface area contributed by atoms with Gasteiger partial charge >= 0.3 is 0 Å². The maximum Gasteiger partial charge on any atom is 0.240 e. The summed E-state index contributed by atoms with van der Waals surface area (Å²) in [4.78, 5) is 19.2. The molecule has 28 heavy (non-hydrogen) atoms. The number of benzene rings is 2. The third kappa shape index (κ3) is 5.44. The molecule has 2 aromatic rings. The average molecular weight is 380 g/mol. The molecule has 150 valence electrons. The highest BCUT2D eigenvalue weighted by atomic mass is 16.2. The van der Waals surface area contributed by atoms with Crippen molar-refractivity contribution in [3.05, 3.63) is 57.6 Å². The maximum absolute atomic E-state index is 12.5. The van der Waals surface area contributed by atoms with Crippen molar-refractivity contribution in [2.24, 2.45) is 4.99 Å². The van der Waals surface area contributed by atoms with Gasteiger partial charge in [-0.15, -0.1) is 0 Å². The lowest BCUT2D eigenvalue weighted by Gasteiger charge is -2.24. The summed E-state index contributed by atoms with van der Waals surface area (Å²) in [6.45, 7) is 16.7. The van der Waals surface area contributed by atoms with Crippen LogP contribution in [0.2, 0.25) is 0 Å². The minimum absolute atomic E-state index is 0.0156. The molecular formula is C24H33N3O. The molecule has 0 saturated heterocycles. The van der Waals surface area contributed by atoms with E-state index in [0.717, 1.165) is 33.6 Å². The van der Waals surface area contributed by atoms with Gasteiger partial charge in [-0.05, 0) is 77.6 Å². The van der Waals surface area contributed by atoms with Crippen LogP contribution in [0, 0.1) is 41.5 Å². The normalized spacial score (nSPS) is 11.3. The van der Waals surface area contributed by atoms with Gasteiger partial charge in [0.2, 0.25) is 5.91 Å². The molecule has 0 heterocycles. The van der Waals surface area contributed by atoms with Gasteiger partial charge in [-0.3, -0.25) is 4.79 Å². The van der Waals surface area contributed by atoms with Crippen LogP contribution in [-0.4, -0.2) is 24.8 Å². The van der Waals surface area contributed by atoms with Gasteiger partial charge in [0, 0.05) is 11.7 Å². The lowest BCUT2D eigenvalue weighted by molar-refractivity contribution is -0.120. The van der Waals surface area contributed by atoms with Crippen LogP contribution in [0.1, 0.15) is 47.2 Å². The molecule has 0 aliphatic heterocycles. The van der Waals surface area contributed by atoms with E-state index in [1.165, 1.54) is 11.1 Å². The van der Waals surface area contributed by atoms with E-state index in [1.54, 1.807) is 6.34 Å². The first-order chi connectivity index (χ1) is 13.1. The zero-order chi connectivity index (χ0) is 21.0. The Bertz CT molecular complexity index is 851. The van der Waals surface area contributed by atoms with Crippen molar-refractivity contribution in [2.45, 2.75) is 61.4 Å². The van der Waals surface area contributed by atoms with Gasteiger partial charge in [-0.1, -0.05) is 35.4 Å². The molecule has 0 saturated carbocycles. The Kier molecular flexibility index (Phi) is 7.00. The number of anilines is 1. The summed E-state index contributed by atoms with van der Waals surface area (Å²) < 4.78 is 0. The number of aliphatic imine (C=N–C) groups is 1. The van der Waals surface area contributed by atoms with E-state index in [9.17, 15) is 4.79 Å². The zero-order valence-corrected chi connectivity index (χ0v) is 18.5. The highest BCUT2D eigenvalue weighted by Gasteiger charge is 2.16. The maximum atomic E-state index is 12.5. The van der Waals surface area contributed by atoms with Gasteiger partial charge in [0.25, 0.3) is 0 Å². The first-order valence-electron chi connectivity index (χ1n) is 9.84. The first-order valence-corrected chi connectivity index (χ1v) is 9.84. The SMILES string of the molecule is Cc1cc(C)c(N=CN(CC(=O)NC(C)C)c2c(C)cc(C)cc2C)c(C)c1. The molecule has 1 amide bonds. The predicted molar refractivity (Wildman–Crippen MR) is 120 cm³/mol. The van der Waals surface area contributed by atoms with E-state index < -0.39 is 0 Å². The van der Waals surface area contributed by atoms with Crippen LogP contribution >= 0.6 is 0 Å². The topological polar surface area (TPSA) is 44.7 Å². The summed E-state index contributed by atoms with van der Waals surface area (Å²) in [6.07, 6.45) is 1.80. The van der Waals surface area contributed by atoms with E-state index in [4.69, 9.17) is 4.99 Å². The number of carbonyl (C=O) groups excluding carboxylic acids is 1. The van der Waals surface area contributed by atoms with Crippen molar-refractivity contribution in [3.63, 3.8) is 0 Å². The highest BCUT2D eigenvalue weighted by molar-refractivity contribution is 5.93. The fourth-order valence-electron chi connectivity index (χ4n) is 3.83. The number of amides is 1. The van der Waals surface area contributed by atoms with Gasteiger partial charge in [0.15, 0.2) is 0 Å². The van der Waals surface area contributed by atoms with Gasteiger partial charge < -0.3 is 10.2 Å². The van der Waals surface area contributed by atoms with Crippen molar-refractivity contribution >= 4 is 23.6 Å². The average Bonchev–Trinajstić information content (AvgIpc) is 2.51. The Hall–Kier alpha value is -2.62. The number of hydrogen-bond acceptors (Lipinski definition) is 2. The van der Waals surface area contributed by atoms with Crippen LogP contribution in [0.3, 0.4) is 0 Å². The Labute approximate surface area is 169 Å². The van der Waals surface area contributed by atoms with Crippen molar-refractivity contribution in [2.75, 3.05) is 11.4 Å². The Morgan fingerprint density at radius 3 is 1.86 bits per heavy atom. The number of aryl methyl sites for hydroxylation is 6. The molecule has 0 radical (unpaired) electrons. The highest BCUT2D eigenvalue weighted by Crippen LogP contribution is 2.28. The van der Waals surface area contributed by atoms with E-state index >= 15 is 0 Å². The quantitative estimate of drug-likeness (QED) is 0.552. The molecule has 0 aliphatic carbocycles. The van der Waals surface area contributed by atoms with Crippen LogP contribution in [0.15, 0.2) is 29.3 Å². The second kappa shape index (κ2) is 9.05. The summed E-state index contributed by atoms with van der Waals surface area (Å²) in [5, 5.41) is 2.98. The van der Waals surface area contributed by atoms with Crippen LogP contribution in [0.4, 0.5) is 11.4 Å². The number of nitrogens with zero attached hydrogens (tertiary/aromatic N) is 2. The fourth-order valence-corrected chi connectivity index (χ4v) is 3.83. The lowest BCUT2D eigenvalue weighted by Crippen LogP contribution is -2.40. The van der Waals surface area contributed by atoms with Gasteiger partial charge in [-0.25, -0.2) is 4.99 Å². The minimum Gasteiger partial charge on any atom is -0.352 e. The zero-order valence-electron chi connectivity index (χ0n) is 18.5. The van der Waals surface area contributed by atoms with Gasteiger partial charge in [0.1, 0.15) is 6.54 Å². The Balaban J connectivity index is 2.46. The monoisotopic (exact) mass is 379 g/mol. The van der Waals surface area contributed by atoms with Crippen LogP contribution < -0.4 is 10.2 Å². The van der Waals surface area contributed by atoms with E-state index in [-0.39, 0.29) is 18.5 Å². The smallest absolute Gasteiger partial charge is 0.240 e. The second-order valence-corrected chi connectivity index (χ2v) is 8.09. The molecule has 0 fully saturated rings. The van der Waals surface area contributed by atoms with Crippen molar-refractivity contribution < 1.29 is 4.79 Å². The van der Waals surface area contributed by atoms with Gasteiger partial charge in [0.05, 0.1) is 12.0 Å². The molecule has 0 bridgehead atoms. The van der Waals surface area contributed by atoms with Crippen LogP contribution in [-0.2, 0) is 4.79 Å². The van der Waals surface area contributed by atoms with E-state index in [1.807, 2.05) is 18.7 Å². The second-order valence-electron chi connectivity index (χ2n) is 8.09. The molecule has 0 atom stereocenters. The predicted octanol–water partition coefficient (Wildman–Crippen LogP) is 5.23. The third-order valence-electron chi connectivity index (χ3n) is 4.65.